The van der Waals surface area contributed by atoms with Gasteiger partial charge in [0.1, 0.15) is 6.67 Å². The molecule has 4 heteroatoms. The van der Waals surface area contributed by atoms with Crippen molar-refractivity contribution in [1.29, 1.82) is 0 Å². The summed E-state index contributed by atoms with van der Waals surface area (Å²) in [6.45, 7) is -0.745. The molecule has 2 rings (SSSR count). The van der Waals surface area contributed by atoms with Gasteiger partial charge in [-0.3, -0.25) is 4.98 Å². The van der Waals surface area contributed by atoms with Crippen molar-refractivity contribution >= 4 is 0 Å². The maximum atomic E-state index is 12.4. The van der Waals surface area contributed by atoms with E-state index in [1.54, 1.807) is 24.5 Å². The number of aliphatic hydroxyl groups is 1. The second kappa shape index (κ2) is 5.71. The number of alkyl halides is 1. The van der Waals surface area contributed by atoms with Crippen molar-refractivity contribution in [3.8, 4) is 11.1 Å². The van der Waals surface area contributed by atoms with Gasteiger partial charge in [-0.2, -0.15) is 0 Å². The van der Waals surface area contributed by atoms with Crippen LogP contribution in [0.3, 0.4) is 0 Å². The number of rotatable bonds is 4. The fourth-order valence-corrected chi connectivity index (χ4v) is 1.74. The standard InChI is InChI=1S/C14H15FN2O/c15-8-13(16)14(18)11-5-3-10(4-6-11)12-2-1-7-17-9-12/h1-7,9,13-14,18H,8,16H2. The van der Waals surface area contributed by atoms with Crippen molar-refractivity contribution in [2.75, 3.05) is 6.67 Å². The molecular formula is C14H15FN2O. The number of hydrogen-bond donors (Lipinski definition) is 2. The molecule has 2 atom stereocenters. The van der Waals surface area contributed by atoms with Crippen LogP contribution in [0.1, 0.15) is 11.7 Å². The van der Waals surface area contributed by atoms with Gasteiger partial charge in [-0.15, -0.1) is 0 Å². The minimum Gasteiger partial charge on any atom is -0.387 e. The van der Waals surface area contributed by atoms with Crippen LogP contribution in [-0.4, -0.2) is 22.8 Å². The van der Waals surface area contributed by atoms with Crippen molar-refractivity contribution in [3.63, 3.8) is 0 Å². The first-order valence-electron chi connectivity index (χ1n) is 5.72. The van der Waals surface area contributed by atoms with E-state index in [2.05, 4.69) is 4.98 Å². The molecule has 1 aromatic carbocycles. The summed E-state index contributed by atoms with van der Waals surface area (Å²) in [6.07, 6.45) is 2.50. The number of benzene rings is 1. The zero-order valence-corrected chi connectivity index (χ0v) is 9.83. The van der Waals surface area contributed by atoms with E-state index in [-0.39, 0.29) is 0 Å². The molecule has 0 saturated carbocycles. The van der Waals surface area contributed by atoms with Gasteiger partial charge in [0.05, 0.1) is 12.1 Å². The van der Waals surface area contributed by atoms with E-state index in [0.29, 0.717) is 5.56 Å². The van der Waals surface area contributed by atoms with E-state index in [1.165, 1.54) is 0 Å². The monoisotopic (exact) mass is 246 g/mol. The van der Waals surface area contributed by atoms with Crippen molar-refractivity contribution in [3.05, 3.63) is 54.4 Å². The van der Waals surface area contributed by atoms with E-state index < -0.39 is 18.8 Å². The first-order valence-corrected chi connectivity index (χ1v) is 5.72. The highest BCUT2D eigenvalue weighted by atomic mass is 19.1. The van der Waals surface area contributed by atoms with Crippen LogP contribution >= 0.6 is 0 Å². The molecule has 0 aliphatic heterocycles. The number of nitrogens with zero attached hydrogens (tertiary/aromatic N) is 1. The lowest BCUT2D eigenvalue weighted by Crippen LogP contribution is -2.30. The maximum Gasteiger partial charge on any atom is 0.107 e. The molecule has 0 bridgehead atoms. The molecule has 0 spiro atoms. The zero-order valence-electron chi connectivity index (χ0n) is 9.83. The Bertz CT molecular complexity index is 487. The summed E-state index contributed by atoms with van der Waals surface area (Å²) in [5, 5.41) is 9.77. The Balaban J connectivity index is 2.20. The van der Waals surface area contributed by atoms with Gasteiger partial charge in [0, 0.05) is 12.4 Å². The molecule has 0 aliphatic rings. The van der Waals surface area contributed by atoms with Gasteiger partial charge < -0.3 is 10.8 Å². The van der Waals surface area contributed by atoms with Crippen LogP contribution < -0.4 is 5.73 Å². The Kier molecular flexibility index (Phi) is 4.02. The molecule has 0 fully saturated rings. The van der Waals surface area contributed by atoms with Crippen molar-refractivity contribution in [2.24, 2.45) is 5.73 Å². The predicted molar refractivity (Wildman–Crippen MR) is 68.6 cm³/mol. The van der Waals surface area contributed by atoms with Gasteiger partial charge in [0.25, 0.3) is 0 Å². The number of pyridine rings is 1. The van der Waals surface area contributed by atoms with E-state index >= 15 is 0 Å². The molecule has 94 valence electrons. The van der Waals surface area contributed by atoms with Crippen LogP contribution in [0.2, 0.25) is 0 Å². The Morgan fingerprint density at radius 2 is 1.89 bits per heavy atom. The van der Waals surface area contributed by atoms with Gasteiger partial charge in [-0.25, -0.2) is 4.39 Å². The summed E-state index contributed by atoms with van der Waals surface area (Å²) >= 11 is 0. The van der Waals surface area contributed by atoms with E-state index in [4.69, 9.17) is 5.73 Å². The van der Waals surface area contributed by atoms with Gasteiger partial charge in [-0.05, 0) is 22.8 Å². The average molecular weight is 246 g/mol. The molecule has 0 aliphatic carbocycles. The third kappa shape index (κ3) is 2.72. The van der Waals surface area contributed by atoms with E-state index in [1.807, 2.05) is 24.3 Å². The second-order valence-corrected chi connectivity index (χ2v) is 4.13. The molecular weight excluding hydrogens is 231 g/mol. The number of aromatic nitrogens is 1. The van der Waals surface area contributed by atoms with Gasteiger partial charge >= 0.3 is 0 Å². The lowest BCUT2D eigenvalue weighted by atomic mass is 10.00. The molecule has 2 unspecified atom stereocenters. The Hall–Kier alpha value is -1.78. The first-order chi connectivity index (χ1) is 8.72. The van der Waals surface area contributed by atoms with Gasteiger partial charge in [0.15, 0.2) is 0 Å². The van der Waals surface area contributed by atoms with Crippen LogP contribution in [-0.2, 0) is 0 Å². The fraction of sp³-hybridized carbons (Fsp3) is 0.214. The summed E-state index contributed by atoms with van der Waals surface area (Å²) in [5.74, 6) is 0. The number of nitrogens with two attached hydrogens (primary N) is 1. The van der Waals surface area contributed by atoms with Gasteiger partial charge in [-0.1, -0.05) is 30.3 Å². The van der Waals surface area contributed by atoms with Crippen LogP contribution in [0, 0.1) is 0 Å². The van der Waals surface area contributed by atoms with Crippen LogP contribution in [0.5, 0.6) is 0 Å². The Morgan fingerprint density at radius 1 is 1.17 bits per heavy atom. The second-order valence-electron chi connectivity index (χ2n) is 4.13. The zero-order chi connectivity index (χ0) is 13.0. The smallest absolute Gasteiger partial charge is 0.107 e. The predicted octanol–water partition coefficient (Wildman–Crippen LogP) is 2.08. The van der Waals surface area contributed by atoms with Crippen molar-refractivity contribution in [2.45, 2.75) is 12.1 Å². The molecule has 2 aromatic rings. The van der Waals surface area contributed by atoms with Crippen LogP contribution in [0.4, 0.5) is 4.39 Å². The topological polar surface area (TPSA) is 59.1 Å². The summed E-state index contributed by atoms with van der Waals surface area (Å²) in [5.41, 5.74) is 8.07. The summed E-state index contributed by atoms with van der Waals surface area (Å²) in [7, 11) is 0. The van der Waals surface area contributed by atoms with Gasteiger partial charge in [0.2, 0.25) is 0 Å². The minimum absolute atomic E-state index is 0.618. The number of hydrogen-bond acceptors (Lipinski definition) is 3. The fourth-order valence-electron chi connectivity index (χ4n) is 1.74. The summed E-state index contributed by atoms with van der Waals surface area (Å²) in [4.78, 5) is 4.04. The summed E-state index contributed by atoms with van der Waals surface area (Å²) in [6, 6.07) is 10.2. The number of aliphatic hydroxyl groups excluding tert-OH is 1. The van der Waals surface area contributed by atoms with E-state index in [0.717, 1.165) is 11.1 Å². The first kappa shape index (κ1) is 12.7. The molecule has 18 heavy (non-hydrogen) atoms. The Morgan fingerprint density at radius 3 is 2.44 bits per heavy atom. The SMILES string of the molecule is NC(CF)C(O)c1ccc(-c2cccnc2)cc1. The number of halogens is 1. The average Bonchev–Trinajstić information content (AvgIpc) is 2.47. The molecule has 0 radical (unpaired) electrons. The minimum atomic E-state index is -0.974. The lowest BCUT2D eigenvalue weighted by Gasteiger charge is -2.16. The normalized spacial score (nSPS) is 14.2. The molecule has 1 aromatic heterocycles. The molecule has 3 N–H and O–H groups in total. The summed E-state index contributed by atoms with van der Waals surface area (Å²) < 4.78 is 12.4. The van der Waals surface area contributed by atoms with Crippen LogP contribution in [0.25, 0.3) is 11.1 Å². The van der Waals surface area contributed by atoms with E-state index in [9.17, 15) is 9.50 Å². The third-order valence-electron chi connectivity index (χ3n) is 2.83. The molecule has 0 saturated heterocycles. The quantitative estimate of drug-likeness (QED) is 0.868. The van der Waals surface area contributed by atoms with Crippen molar-refractivity contribution in [1.82, 2.24) is 4.98 Å². The highest BCUT2D eigenvalue weighted by Gasteiger charge is 2.16. The van der Waals surface area contributed by atoms with Crippen molar-refractivity contribution < 1.29 is 9.50 Å². The molecule has 3 nitrogen and oxygen atoms in total. The molecule has 1 heterocycles. The lowest BCUT2D eigenvalue weighted by molar-refractivity contribution is 0.132. The maximum absolute atomic E-state index is 12.4. The third-order valence-corrected chi connectivity index (χ3v) is 2.83. The highest BCUT2D eigenvalue weighted by molar-refractivity contribution is 5.62. The van der Waals surface area contributed by atoms with Crippen LogP contribution in [0.15, 0.2) is 48.8 Å². The Labute approximate surface area is 105 Å². The molecule has 0 amide bonds. The largest absolute Gasteiger partial charge is 0.387 e. The highest BCUT2D eigenvalue weighted by Crippen LogP contribution is 2.22.